The van der Waals surface area contributed by atoms with Gasteiger partial charge < -0.3 is 15.4 Å². The average molecular weight is 267 g/mol. The molecule has 1 atom stereocenters. The highest BCUT2D eigenvalue weighted by molar-refractivity contribution is 5.84. The van der Waals surface area contributed by atoms with Gasteiger partial charge in [0.25, 0.3) is 5.69 Å². The first kappa shape index (κ1) is 14.9. The second kappa shape index (κ2) is 7.32. The summed E-state index contributed by atoms with van der Waals surface area (Å²) in [5.41, 5.74) is 0.669. The van der Waals surface area contributed by atoms with E-state index in [0.29, 0.717) is 18.8 Å². The maximum absolute atomic E-state index is 11.7. The van der Waals surface area contributed by atoms with Crippen molar-refractivity contribution in [2.24, 2.45) is 0 Å². The van der Waals surface area contributed by atoms with Gasteiger partial charge in [-0.25, -0.2) is 0 Å². The Morgan fingerprint density at radius 2 is 2.05 bits per heavy atom. The van der Waals surface area contributed by atoms with Crippen molar-refractivity contribution < 1.29 is 14.5 Å². The summed E-state index contributed by atoms with van der Waals surface area (Å²) in [4.78, 5) is 21.7. The van der Waals surface area contributed by atoms with Gasteiger partial charge in [-0.05, 0) is 19.1 Å². The van der Waals surface area contributed by atoms with Gasteiger partial charge in [-0.2, -0.15) is 0 Å². The fourth-order valence-electron chi connectivity index (χ4n) is 1.42. The zero-order valence-corrected chi connectivity index (χ0v) is 10.9. The van der Waals surface area contributed by atoms with E-state index in [2.05, 4.69) is 10.6 Å². The van der Waals surface area contributed by atoms with Crippen molar-refractivity contribution >= 4 is 17.3 Å². The molecule has 0 radical (unpaired) electrons. The van der Waals surface area contributed by atoms with Crippen molar-refractivity contribution in [3.8, 4) is 0 Å². The van der Waals surface area contributed by atoms with Crippen molar-refractivity contribution in [2.45, 2.75) is 13.0 Å². The number of nitro groups is 1. The van der Waals surface area contributed by atoms with Crippen LogP contribution >= 0.6 is 0 Å². The molecule has 7 heteroatoms. The minimum atomic E-state index is -0.468. The number of carbonyl (C=O) groups excluding carboxylic acids is 1. The summed E-state index contributed by atoms with van der Waals surface area (Å²) in [6.07, 6.45) is 0. The van der Waals surface area contributed by atoms with E-state index >= 15 is 0 Å². The average Bonchev–Trinajstić information content (AvgIpc) is 2.39. The van der Waals surface area contributed by atoms with Crippen LogP contribution < -0.4 is 10.6 Å². The van der Waals surface area contributed by atoms with Crippen molar-refractivity contribution in [2.75, 3.05) is 25.6 Å². The highest BCUT2D eigenvalue weighted by Gasteiger charge is 2.12. The quantitative estimate of drug-likeness (QED) is 0.439. The van der Waals surface area contributed by atoms with Crippen LogP contribution in [0.4, 0.5) is 11.4 Å². The third-order valence-electron chi connectivity index (χ3n) is 2.46. The van der Waals surface area contributed by atoms with Crippen LogP contribution in [0.3, 0.4) is 0 Å². The monoisotopic (exact) mass is 267 g/mol. The summed E-state index contributed by atoms with van der Waals surface area (Å²) >= 11 is 0. The fourth-order valence-corrected chi connectivity index (χ4v) is 1.42. The maximum atomic E-state index is 11.7. The number of methoxy groups -OCH3 is 1. The van der Waals surface area contributed by atoms with Crippen LogP contribution in [0.5, 0.6) is 0 Å². The molecule has 0 bridgehead atoms. The summed E-state index contributed by atoms with van der Waals surface area (Å²) < 4.78 is 4.83. The van der Waals surface area contributed by atoms with E-state index in [0.717, 1.165) is 0 Å². The summed E-state index contributed by atoms with van der Waals surface area (Å²) in [5.74, 6) is -0.157. The highest BCUT2D eigenvalue weighted by atomic mass is 16.6. The molecule has 0 fully saturated rings. The van der Waals surface area contributed by atoms with E-state index < -0.39 is 11.0 Å². The molecule has 1 aromatic carbocycles. The van der Waals surface area contributed by atoms with Gasteiger partial charge in [-0.1, -0.05) is 0 Å². The number of hydrogen-bond acceptors (Lipinski definition) is 5. The number of ether oxygens (including phenoxy) is 1. The van der Waals surface area contributed by atoms with Crippen LogP contribution in [0.1, 0.15) is 6.92 Å². The Morgan fingerprint density at radius 1 is 1.42 bits per heavy atom. The molecule has 7 nitrogen and oxygen atoms in total. The summed E-state index contributed by atoms with van der Waals surface area (Å²) in [6, 6.07) is 5.47. The van der Waals surface area contributed by atoms with E-state index in [4.69, 9.17) is 4.74 Å². The number of non-ortho nitro benzene ring substituents is 1. The number of benzene rings is 1. The highest BCUT2D eigenvalue weighted by Crippen LogP contribution is 2.15. The number of rotatable bonds is 7. The third kappa shape index (κ3) is 4.92. The molecule has 0 spiro atoms. The Labute approximate surface area is 111 Å². The largest absolute Gasteiger partial charge is 0.383 e. The molecular weight excluding hydrogens is 250 g/mol. The lowest BCUT2D eigenvalue weighted by molar-refractivity contribution is -0.384. The molecule has 1 amide bonds. The fraction of sp³-hybridized carbons (Fsp3) is 0.417. The van der Waals surface area contributed by atoms with Gasteiger partial charge in [0, 0.05) is 31.5 Å². The minimum absolute atomic E-state index is 0.0164. The van der Waals surface area contributed by atoms with E-state index in [1.54, 1.807) is 26.2 Å². The van der Waals surface area contributed by atoms with Crippen LogP contribution in [0, 0.1) is 10.1 Å². The molecule has 1 aromatic rings. The summed E-state index contributed by atoms with van der Waals surface area (Å²) in [7, 11) is 1.56. The number of anilines is 1. The predicted octanol–water partition coefficient (Wildman–Crippen LogP) is 1.16. The number of amides is 1. The van der Waals surface area contributed by atoms with E-state index in [9.17, 15) is 14.9 Å². The van der Waals surface area contributed by atoms with Crippen molar-refractivity contribution in [1.29, 1.82) is 0 Å². The van der Waals surface area contributed by atoms with Crippen molar-refractivity contribution in [1.82, 2.24) is 5.32 Å². The lowest BCUT2D eigenvalue weighted by Crippen LogP contribution is -2.39. The lowest BCUT2D eigenvalue weighted by Gasteiger charge is -2.14. The Morgan fingerprint density at radius 3 is 2.58 bits per heavy atom. The molecule has 1 unspecified atom stereocenters. The second-order valence-corrected chi connectivity index (χ2v) is 3.95. The molecule has 0 aliphatic heterocycles. The van der Waals surface area contributed by atoms with Gasteiger partial charge >= 0.3 is 0 Å². The smallest absolute Gasteiger partial charge is 0.269 e. The Kier molecular flexibility index (Phi) is 5.74. The zero-order chi connectivity index (χ0) is 14.3. The third-order valence-corrected chi connectivity index (χ3v) is 2.46. The Bertz CT molecular complexity index is 433. The van der Waals surface area contributed by atoms with Gasteiger partial charge in [0.2, 0.25) is 5.91 Å². The molecule has 0 aliphatic rings. The molecule has 19 heavy (non-hydrogen) atoms. The molecular formula is C12H17N3O4. The molecule has 0 saturated heterocycles. The van der Waals surface area contributed by atoms with Crippen LogP contribution in [0.25, 0.3) is 0 Å². The van der Waals surface area contributed by atoms with Crippen molar-refractivity contribution in [3.05, 3.63) is 34.4 Å². The first-order valence-corrected chi connectivity index (χ1v) is 5.82. The Hall–Kier alpha value is -2.15. The maximum Gasteiger partial charge on any atom is 0.269 e. The molecule has 0 heterocycles. The molecule has 0 aromatic heterocycles. The number of nitrogens with one attached hydrogen (secondary N) is 2. The molecule has 2 N–H and O–H groups in total. The van der Waals surface area contributed by atoms with Gasteiger partial charge in [0.05, 0.1) is 11.5 Å². The minimum Gasteiger partial charge on any atom is -0.383 e. The van der Waals surface area contributed by atoms with Crippen LogP contribution in [0.2, 0.25) is 0 Å². The summed E-state index contributed by atoms with van der Waals surface area (Å²) in [6.45, 7) is 2.61. The van der Waals surface area contributed by atoms with Crippen LogP contribution in [0.15, 0.2) is 24.3 Å². The van der Waals surface area contributed by atoms with Gasteiger partial charge in [-0.15, -0.1) is 0 Å². The predicted molar refractivity (Wildman–Crippen MR) is 71.1 cm³/mol. The second-order valence-electron chi connectivity index (χ2n) is 3.95. The standard InChI is InChI=1S/C12H17N3O4/c1-9(12(16)13-7-8-19-2)14-10-3-5-11(6-4-10)15(17)18/h3-6,9,14H,7-8H2,1-2H3,(H,13,16). The van der Waals surface area contributed by atoms with E-state index in [1.807, 2.05) is 0 Å². The van der Waals surface area contributed by atoms with Crippen molar-refractivity contribution in [3.63, 3.8) is 0 Å². The van der Waals surface area contributed by atoms with Crippen LogP contribution in [-0.2, 0) is 9.53 Å². The lowest BCUT2D eigenvalue weighted by atomic mass is 10.2. The van der Waals surface area contributed by atoms with E-state index in [-0.39, 0.29) is 11.6 Å². The van der Waals surface area contributed by atoms with Gasteiger partial charge in [-0.3, -0.25) is 14.9 Å². The molecule has 1 rings (SSSR count). The van der Waals surface area contributed by atoms with E-state index in [1.165, 1.54) is 12.1 Å². The number of nitrogens with zero attached hydrogens (tertiary/aromatic N) is 1. The first-order chi connectivity index (χ1) is 9.04. The van der Waals surface area contributed by atoms with Gasteiger partial charge in [0.15, 0.2) is 0 Å². The van der Waals surface area contributed by atoms with Gasteiger partial charge in [0.1, 0.15) is 6.04 Å². The normalized spacial score (nSPS) is 11.7. The molecule has 104 valence electrons. The number of nitro benzene ring substituents is 1. The number of hydrogen-bond donors (Lipinski definition) is 2. The Balaban J connectivity index is 2.49. The molecule has 0 saturated carbocycles. The molecule has 0 aliphatic carbocycles. The topological polar surface area (TPSA) is 93.5 Å². The van der Waals surface area contributed by atoms with Crippen LogP contribution in [-0.4, -0.2) is 37.1 Å². The zero-order valence-electron chi connectivity index (χ0n) is 10.9. The first-order valence-electron chi connectivity index (χ1n) is 5.82. The summed E-state index contributed by atoms with van der Waals surface area (Å²) in [5, 5.41) is 16.2. The SMILES string of the molecule is COCCNC(=O)C(C)Nc1ccc([N+](=O)[O-])cc1. The number of carbonyl (C=O) groups is 1.